The summed E-state index contributed by atoms with van der Waals surface area (Å²) < 4.78 is 22.2. The summed E-state index contributed by atoms with van der Waals surface area (Å²) >= 11 is 0. The Morgan fingerprint density at radius 3 is 1.74 bits per heavy atom. The maximum Gasteiger partial charge on any atom is 0.336 e. The molecule has 10 nitrogen and oxygen atoms in total. The number of non-ortho nitro benzene ring substituents is 1. The number of hydrogen-bond acceptors (Lipinski definition) is 9. The Hall–Kier alpha value is -3.24. The second-order valence-electron chi connectivity index (χ2n) is 10.1. The van der Waals surface area contributed by atoms with Crippen LogP contribution in [0.15, 0.2) is 46.8 Å². The number of benzene rings is 1. The van der Waals surface area contributed by atoms with Crippen LogP contribution in [-0.2, 0) is 28.5 Å². The Kier molecular flexibility index (Phi) is 11.0. The van der Waals surface area contributed by atoms with Gasteiger partial charge in [0.15, 0.2) is 0 Å². The van der Waals surface area contributed by atoms with Crippen molar-refractivity contribution in [3.8, 4) is 0 Å². The van der Waals surface area contributed by atoms with Gasteiger partial charge >= 0.3 is 11.9 Å². The maximum atomic E-state index is 13.6. The van der Waals surface area contributed by atoms with Gasteiger partial charge in [-0.15, -0.1) is 0 Å². The van der Waals surface area contributed by atoms with E-state index in [1.54, 1.807) is 46.1 Å². The number of allylic oxidation sites excluding steroid dienone is 2. The van der Waals surface area contributed by atoms with E-state index >= 15 is 0 Å². The summed E-state index contributed by atoms with van der Waals surface area (Å²) in [6.45, 7) is 11.4. The zero-order chi connectivity index (χ0) is 28.7. The van der Waals surface area contributed by atoms with Crippen molar-refractivity contribution in [2.75, 3.05) is 34.5 Å². The van der Waals surface area contributed by atoms with Gasteiger partial charge in [0.05, 0.1) is 34.2 Å². The predicted octanol–water partition coefficient (Wildman–Crippen LogP) is 4.60. The standard InChI is InChI=1S/C28H40N2O8/c1-16(2)22(35-8)14-37-27(31)24-18(5)29(7)19(6)25(28(32)38-15-23(36-9)17(3)4)26(24)20-11-10-12-21(13-20)30(33)34/h10-13,16-17,22-23,26H,14-15H2,1-9H3. The van der Waals surface area contributed by atoms with E-state index < -0.39 is 22.8 Å². The van der Waals surface area contributed by atoms with Crippen LogP contribution in [-0.4, -0.2) is 68.5 Å². The fourth-order valence-electron chi connectivity index (χ4n) is 4.39. The summed E-state index contributed by atoms with van der Waals surface area (Å²) in [5.74, 6) is -2.00. The zero-order valence-corrected chi connectivity index (χ0v) is 23.8. The summed E-state index contributed by atoms with van der Waals surface area (Å²) in [6, 6.07) is 5.92. The number of hydrogen-bond donors (Lipinski definition) is 0. The largest absolute Gasteiger partial charge is 0.459 e. The lowest BCUT2D eigenvalue weighted by atomic mass is 9.79. The number of rotatable bonds is 12. The van der Waals surface area contributed by atoms with Crippen molar-refractivity contribution in [2.24, 2.45) is 11.8 Å². The van der Waals surface area contributed by atoms with Crippen LogP contribution in [0.4, 0.5) is 5.69 Å². The van der Waals surface area contributed by atoms with E-state index in [0.29, 0.717) is 17.0 Å². The summed E-state index contributed by atoms with van der Waals surface area (Å²) in [4.78, 5) is 39.9. The molecule has 0 aliphatic carbocycles. The highest BCUT2D eigenvalue weighted by atomic mass is 16.6. The summed E-state index contributed by atoms with van der Waals surface area (Å²) in [7, 11) is 4.84. The minimum atomic E-state index is -0.939. The van der Waals surface area contributed by atoms with Gasteiger partial charge in [-0.05, 0) is 31.2 Å². The molecule has 0 N–H and O–H groups in total. The molecular weight excluding hydrogens is 492 g/mol. The first-order valence-electron chi connectivity index (χ1n) is 12.6. The van der Waals surface area contributed by atoms with Gasteiger partial charge in [0, 0.05) is 44.8 Å². The van der Waals surface area contributed by atoms with Gasteiger partial charge in [-0.3, -0.25) is 10.1 Å². The molecule has 0 radical (unpaired) electrons. The molecule has 1 aromatic rings. The first-order chi connectivity index (χ1) is 17.8. The molecule has 2 unspecified atom stereocenters. The van der Waals surface area contributed by atoms with E-state index in [-0.39, 0.29) is 54.1 Å². The highest BCUT2D eigenvalue weighted by molar-refractivity contribution is 6.00. The average Bonchev–Trinajstić information content (AvgIpc) is 2.87. The smallest absolute Gasteiger partial charge is 0.336 e. The van der Waals surface area contributed by atoms with Crippen LogP contribution in [0.2, 0.25) is 0 Å². The lowest BCUT2D eigenvalue weighted by Crippen LogP contribution is -2.35. The van der Waals surface area contributed by atoms with Crippen LogP contribution < -0.4 is 0 Å². The van der Waals surface area contributed by atoms with Crippen LogP contribution in [0.25, 0.3) is 0 Å². The molecule has 0 aromatic heterocycles. The number of nitro benzene ring substituents is 1. The molecule has 0 spiro atoms. The first-order valence-corrected chi connectivity index (χ1v) is 12.6. The molecule has 0 saturated carbocycles. The normalized spacial score (nSPS) is 17.7. The van der Waals surface area contributed by atoms with Gasteiger partial charge in [0.2, 0.25) is 0 Å². The van der Waals surface area contributed by atoms with Crippen molar-refractivity contribution < 1.29 is 33.5 Å². The van der Waals surface area contributed by atoms with Gasteiger partial charge in [-0.25, -0.2) is 9.59 Å². The van der Waals surface area contributed by atoms with Crippen LogP contribution in [0, 0.1) is 22.0 Å². The second kappa shape index (κ2) is 13.5. The van der Waals surface area contributed by atoms with E-state index in [9.17, 15) is 19.7 Å². The summed E-state index contributed by atoms with van der Waals surface area (Å²) in [5, 5.41) is 11.6. The Balaban J connectivity index is 2.60. The van der Waals surface area contributed by atoms with Crippen molar-refractivity contribution in [3.05, 3.63) is 62.5 Å². The van der Waals surface area contributed by atoms with Crippen molar-refractivity contribution in [1.29, 1.82) is 0 Å². The number of nitro groups is 1. The third kappa shape index (κ3) is 6.99. The Morgan fingerprint density at radius 2 is 1.37 bits per heavy atom. The third-order valence-electron chi connectivity index (χ3n) is 7.07. The SMILES string of the molecule is COC(COC(=O)C1=C(C)N(C)C(C)=C(C(=O)OCC(OC)C(C)C)C1c1cccc([N+](=O)[O-])c1)C(C)C. The minimum absolute atomic E-state index is 0.0154. The number of ether oxygens (including phenoxy) is 4. The van der Waals surface area contributed by atoms with Gasteiger partial charge < -0.3 is 23.8 Å². The predicted molar refractivity (Wildman–Crippen MR) is 142 cm³/mol. The number of methoxy groups -OCH3 is 2. The molecule has 1 heterocycles. The van der Waals surface area contributed by atoms with Crippen molar-refractivity contribution >= 4 is 17.6 Å². The van der Waals surface area contributed by atoms with Crippen LogP contribution in [0.3, 0.4) is 0 Å². The molecule has 0 fully saturated rings. The van der Waals surface area contributed by atoms with Gasteiger partial charge in [-0.1, -0.05) is 39.8 Å². The van der Waals surface area contributed by atoms with Gasteiger partial charge in [0.25, 0.3) is 5.69 Å². The Morgan fingerprint density at radius 1 is 0.921 bits per heavy atom. The molecular formula is C28H40N2O8. The third-order valence-corrected chi connectivity index (χ3v) is 7.07. The van der Waals surface area contributed by atoms with E-state index in [2.05, 4.69) is 0 Å². The first kappa shape index (κ1) is 31.0. The maximum absolute atomic E-state index is 13.6. The fraction of sp³-hybridized carbons (Fsp3) is 0.571. The minimum Gasteiger partial charge on any atom is -0.459 e. The lowest BCUT2D eigenvalue weighted by Gasteiger charge is -2.36. The highest BCUT2D eigenvalue weighted by Gasteiger charge is 2.40. The number of carbonyl (C=O) groups is 2. The van der Waals surface area contributed by atoms with Gasteiger partial charge in [-0.2, -0.15) is 0 Å². The average molecular weight is 533 g/mol. The molecule has 210 valence electrons. The van der Waals surface area contributed by atoms with Gasteiger partial charge in [0.1, 0.15) is 13.2 Å². The second-order valence-corrected chi connectivity index (χ2v) is 10.1. The Bertz CT molecular complexity index is 1040. The summed E-state index contributed by atoms with van der Waals surface area (Å²) in [6.07, 6.45) is -0.637. The molecule has 0 amide bonds. The zero-order valence-electron chi connectivity index (χ0n) is 23.8. The molecule has 1 aliphatic rings. The topological polar surface area (TPSA) is 117 Å². The van der Waals surface area contributed by atoms with E-state index in [1.807, 2.05) is 27.7 Å². The molecule has 2 rings (SSSR count). The number of carbonyl (C=O) groups excluding carboxylic acids is 2. The number of nitrogens with zero attached hydrogens (tertiary/aromatic N) is 2. The lowest BCUT2D eigenvalue weighted by molar-refractivity contribution is -0.384. The molecule has 1 aliphatic heterocycles. The van der Waals surface area contributed by atoms with Crippen molar-refractivity contribution in [1.82, 2.24) is 4.90 Å². The van der Waals surface area contributed by atoms with E-state index in [4.69, 9.17) is 18.9 Å². The van der Waals surface area contributed by atoms with Crippen molar-refractivity contribution in [3.63, 3.8) is 0 Å². The Labute approximate surface area is 224 Å². The summed E-state index contributed by atoms with van der Waals surface area (Å²) in [5.41, 5.74) is 1.79. The van der Waals surface area contributed by atoms with Crippen LogP contribution in [0.1, 0.15) is 53.0 Å². The van der Waals surface area contributed by atoms with E-state index in [1.165, 1.54) is 18.2 Å². The van der Waals surface area contributed by atoms with Crippen LogP contribution >= 0.6 is 0 Å². The molecule has 38 heavy (non-hydrogen) atoms. The monoisotopic (exact) mass is 532 g/mol. The van der Waals surface area contributed by atoms with E-state index in [0.717, 1.165) is 0 Å². The molecule has 0 saturated heterocycles. The highest BCUT2D eigenvalue weighted by Crippen LogP contribution is 2.43. The van der Waals surface area contributed by atoms with Crippen molar-refractivity contribution in [2.45, 2.75) is 59.7 Å². The fourth-order valence-corrected chi connectivity index (χ4v) is 4.39. The number of esters is 2. The molecule has 0 bridgehead atoms. The van der Waals surface area contributed by atoms with Crippen LogP contribution in [0.5, 0.6) is 0 Å². The molecule has 10 heteroatoms. The molecule has 2 atom stereocenters. The quantitative estimate of drug-likeness (QED) is 0.216. The molecule has 1 aromatic carbocycles.